The Morgan fingerprint density at radius 1 is 1.57 bits per heavy atom. The molecule has 5 nitrogen and oxygen atoms in total. The topological polar surface area (TPSA) is 57.4 Å². The molecule has 2 rings (SSSR count). The predicted molar refractivity (Wildman–Crippen MR) is 83.1 cm³/mol. The number of nitrogens with one attached hydrogen (secondary N) is 2. The van der Waals surface area contributed by atoms with E-state index in [2.05, 4.69) is 28.2 Å². The molecule has 1 saturated heterocycles. The molecule has 0 spiro atoms. The van der Waals surface area contributed by atoms with Gasteiger partial charge in [0.25, 0.3) is 0 Å². The lowest BCUT2D eigenvalue weighted by atomic mass is 10.1. The van der Waals surface area contributed by atoms with E-state index >= 15 is 0 Å². The van der Waals surface area contributed by atoms with E-state index in [9.17, 15) is 4.79 Å². The highest BCUT2D eigenvalue weighted by Crippen LogP contribution is 2.26. The van der Waals surface area contributed by atoms with Crippen molar-refractivity contribution in [2.75, 3.05) is 19.6 Å². The molecule has 1 aromatic rings. The van der Waals surface area contributed by atoms with Gasteiger partial charge in [-0.25, -0.2) is 4.79 Å². The fraction of sp³-hybridized carbons (Fsp3) is 0.688. The minimum atomic E-state index is -0.437. The van der Waals surface area contributed by atoms with Crippen LogP contribution < -0.4 is 5.32 Å². The summed E-state index contributed by atoms with van der Waals surface area (Å²) in [6.07, 6.45) is 2.75. The van der Waals surface area contributed by atoms with Gasteiger partial charge in [0.2, 0.25) is 0 Å². The van der Waals surface area contributed by atoms with Gasteiger partial charge in [0, 0.05) is 31.0 Å². The largest absolute Gasteiger partial charge is 0.444 e. The third kappa shape index (κ3) is 4.77. The molecule has 1 aliphatic heterocycles. The standard InChI is InChI=1S/C16H27N3O2/c1-12(14-6-5-8-17-14)19-9-7-13(11-19)10-18-15(20)21-16(2,3)4/h5-6,8,12-13,17H,7,9-11H2,1-4H3,(H,18,20)/t12-,13+/m1/s1. The van der Waals surface area contributed by atoms with Crippen LogP contribution >= 0.6 is 0 Å². The zero-order valence-electron chi connectivity index (χ0n) is 13.5. The maximum absolute atomic E-state index is 11.7. The van der Waals surface area contributed by atoms with Gasteiger partial charge in [-0.15, -0.1) is 0 Å². The lowest BCUT2D eigenvalue weighted by Crippen LogP contribution is -2.36. The summed E-state index contributed by atoms with van der Waals surface area (Å²) in [4.78, 5) is 17.4. The Balaban J connectivity index is 1.74. The molecule has 0 aliphatic carbocycles. The second kappa shape index (κ2) is 6.52. The fourth-order valence-electron chi connectivity index (χ4n) is 2.72. The van der Waals surface area contributed by atoms with Gasteiger partial charge in [-0.05, 0) is 58.7 Å². The van der Waals surface area contributed by atoms with Crippen molar-refractivity contribution in [3.63, 3.8) is 0 Å². The van der Waals surface area contributed by atoms with Crippen molar-refractivity contribution in [2.24, 2.45) is 5.92 Å². The van der Waals surface area contributed by atoms with E-state index in [0.29, 0.717) is 18.5 Å². The SMILES string of the molecule is C[C@H](c1ccc[nH]1)N1CC[C@@H](CNC(=O)OC(C)(C)C)C1. The monoisotopic (exact) mass is 293 g/mol. The minimum absolute atomic E-state index is 0.321. The molecule has 5 heteroatoms. The molecule has 2 heterocycles. The Morgan fingerprint density at radius 3 is 2.95 bits per heavy atom. The van der Waals surface area contributed by atoms with Crippen molar-refractivity contribution < 1.29 is 9.53 Å². The summed E-state index contributed by atoms with van der Waals surface area (Å²) in [7, 11) is 0. The fourth-order valence-corrected chi connectivity index (χ4v) is 2.72. The first kappa shape index (κ1) is 15.9. The molecule has 0 aromatic carbocycles. The third-order valence-corrected chi connectivity index (χ3v) is 3.87. The molecular formula is C16H27N3O2. The summed E-state index contributed by atoms with van der Waals surface area (Å²) in [5.41, 5.74) is 0.809. The molecule has 0 saturated carbocycles. The molecule has 1 aromatic heterocycles. The molecule has 118 valence electrons. The second-order valence-electron chi connectivity index (χ2n) is 6.83. The molecule has 21 heavy (non-hydrogen) atoms. The summed E-state index contributed by atoms with van der Waals surface area (Å²) >= 11 is 0. The van der Waals surface area contributed by atoms with Crippen molar-refractivity contribution in [3.05, 3.63) is 24.0 Å². The number of alkyl carbamates (subject to hydrolysis) is 1. The highest BCUT2D eigenvalue weighted by Gasteiger charge is 2.27. The minimum Gasteiger partial charge on any atom is -0.444 e. The number of carbonyl (C=O) groups is 1. The lowest BCUT2D eigenvalue weighted by Gasteiger charge is -2.24. The second-order valence-corrected chi connectivity index (χ2v) is 6.83. The first-order chi connectivity index (χ1) is 9.85. The van der Waals surface area contributed by atoms with Crippen LogP contribution in [0.2, 0.25) is 0 Å². The number of rotatable bonds is 4. The number of nitrogens with zero attached hydrogens (tertiary/aromatic N) is 1. The summed E-state index contributed by atoms with van der Waals surface area (Å²) < 4.78 is 5.26. The first-order valence-electron chi connectivity index (χ1n) is 7.69. The summed E-state index contributed by atoms with van der Waals surface area (Å²) in [5.74, 6) is 0.495. The third-order valence-electron chi connectivity index (χ3n) is 3.87. The van der Waals surface area contributed by atoms with Crippen LogP contribution in [0.1, 0.15) is 45.9 Å². The molecule has 1 fully saturated rings. The smallest absolute Gasteiger partial charge is 0.407 e. The quantitative estimate of drug-likeness (QED) is 0.897. The van der Waals surface area contributed by atoms with Crippen LogP contribution in [0.15, 0.2) is 18.3 Å². The molecule has 1 amide bonds. The van der Waals surface area contributed by atoms with Crippen LogP contribution in [0.25, 0.3) is 0 Å². The summed E-state index contributed by atoms with van der Waals surface area (Å²) in [6, 6.07) is 4.55. The zero-order chi connectivity index (χ0) is 15.5. The van der Waals surface area contributed by atoms with E-state index in [1.54, 1.807) is 0 Å². The Labute approximate surface area is 127 Å². The van der Waals surface area contributed by atoms with Crippen LogP contribution in [-0.4, -0.2) is 41.2 Å². The van der Waals surface area contributed by atoms with Crippen molar-refractivity contribution in [1.29, 1.82) is 0 Å². The van der Waals surface area contributed by atoms with E-state index in [4.69, 9.17) is 4.74 Å². The maximum Gasteiger partial charge on any atom is 0.407 e. The van der Waals surface area contributed by atoms with Gasteiger partial charge in [-0.3, -0.25) is 4.90 Å². The lowest BCUT2D eigenvalue weighted by molar-refractivity contribution is 0.0519. The number of H-pyrrole nitrogens is 1. The van der Waals surface area contributed by atoms with Crippen LogP contribution in [-0.2, 0) is 4.74 Å². The highest BCUT2D eigenvalue weighted by molar-refractivity contribution is 5.67. The van der Waals surface area contributed by atoms with Gasteiger partial charge in [-0.2, -0.15) is 0 Å². The number of likely N-dealkylation sites (tertiary alicyclic amines) is 1. The van der Waals surface area contributed by atoms with Crippen molar-refractivity contribution in [1.82, 2.24) is 15.2 Å². The normalized spacial score (nSPS) is 21.2. The number of carbonyl (C=O) groups excluding carboxylic acids is 1. The maximum atomic E-state index is 11.7. The molecular weight excluding hydrogens is 266 g/mol. The van der Waals surface area contributed by atoms with Gasteiger partial charge in [-0.1, -0.05) is 0 Å². The van der Waals surface area contributed by atoms with Crippen molar-refractivity contribution in [3.8, 4) is 0 Å². The van der Waals surface area contributed by atoms with Gasteiger partial charge in [0.05, 0.1) is 0 Å². The molecule has 0 radical (unpaired) electrons. The number of aromatic amines is 1. The molecule has 0 bridgehead atoms. The Kier molecular flexibility index (Phi) is 4.93. The van der Waals surface area contributed by atoms with Gasteiger partial charge in [0.1, 0.15) is 5.60 Å². The predicted octanol–water partition coefficient (Wildman–Crippen LogP) is 2.92. The van der Waals surface area contributed by atoms with E-state index in [0.717, 1.165) is 19.5 Å². The average molecular weight is 293 g/mol. The van der Waals surface area contributed by atoms with Crippen LogP contribution in [0, 0.1) is 5.92 Å². The Bertz CT molecular complexity index is 451. The number of hydrogen-bond donors (Lipinski definition) is 2. The molecule has 2 N–H and O–H groups in total. The van der Waals surface area contributed by atoms with Gasteiger partial charge >= 0.3 is 6.09 Å². The zero-order valence-corrected chi connectivity index (χ0v) is 13.5. The Hall–Kier alpha value is -1.49. The van der Waals surface area contributed by atoms with Gasteiger partial charge in [0.15, 0.2) is 0 Å². The van der Waals surface area contributed by atoms with E-state index in [-0.39, 0.29) is 6.09 Å². The summed E-state index contributed by atoms with van der Waals surface area (Å²) in [5, 5.41) is 2.88. The van der Waals surface area contributed by atoms with Crippen LogP contribution in [0.3, 0.4) is 0 Å². The Morgan fingerprint density at radius 2 is 2.33 bits per heavy atom. The average Bonchev–Trinajstić information content (AvgIpc) is 3.05. The van der Waals surface area contributed by atoms with Crippen molar-refractivity contribution in [2.45, 2.75) is 45.8 Å². The van der Waals surface area contributed by atoms with Crippen LogP contribution in [0.4, 0.5) is 4.79 Å². The number of amides is 1. The molecule has 2 atom stereocenters. The van der Waals surface area contributed by atoms with E-state index in [1.807, 2.05) is 33.0 Å². The number of aromatic nitrogens is 1. The van der Waals surface area contributed by atoms with E-state index in [1.165, 1.54) is 5.69 Å². The molecule has 1 aliphatic rings. The van der Waals surface area contributed by atoms with Gasteiger partial charge < -0.3 is 15.0 Å². The first-order valence-corrected chi connectivity index (χ1v) is 7.69. The van der Waals surface area contributed by atoms with Crippen molar-refractivity contribution >= 4 is 6.09 Å². The summed E-state index contributed by atoms with van der Waals surface area (Å²) in [6.45, 7) is 10.6. The highest BCUT2D eigenvalue weighted by atomic mass is 16.6. The molecule has 0 unspecified atom stereocenters. The number of ether oxygens (including phenoxy) is 1. The van der Waals surface area contributed by atoms with E-state index < -0.39 is 5.60 Å². The number of hydrogen-bond acceptors (Lipinski definition) is 3. The van der Waals surface area contributed by atoms with Crippen LogP contribution in [0.5, 0.6) is 0 Å².